The molecular weight excluding hydrogens is 683 g/mol. The Balaban J connectivity index is 1.92. The van der Waals surface area contributed by atoms with Crippen molar-refractivity contribution in [1.29, 1.82) is 0 Å². The summed E-state index contributed by atoms with van der Waals surface area (Å²) in [5.41, 5.74) is -2.30. The maximum Gasteiger partial charge on any atom is 0.573 e. The Labute approximate surface area is 278 Å². The second-order valence-corrected chi connectivity index (χ2v) is 13.7. The number of aliphatic hydroxyl groups excluding tert-OH is 2. The van der Waals surface area contributed by atoms with E-state index in [1.165, 1.54) is 57.6 Å². The SMILES string of the molecule is CNC(=O)[C@@H]1C[C@@H](O)C[N+]1(C)C1(c2cc(CO)ccc2OC)C(=O)N(S(=O)(=O)c2ccc(OC)cc2OC(F)(F)F)c2ccc(Cl)cc21. The number of carbonyl (C=O) groups is 2. The Bertz CT molecular complexity index is 1890. The zero-order valence-electron chi connectivity index (χ0n) is 26.0. The molecule has 3 aromatic rings. The molecule has 0 radical (unpaired) electrons. The van der Waals surface area contributed by atoms with E-state index in [0.29, 0.717) is 4.31 Å². The summed E-state index contributed by atoms with van der Waals surface area (Å²) in [5.74, 6) is -3.08. The summed E-state index contributed by atoms with van der Waals surface area (Å²) in [5, 5.41) is 23.8. The number of nitrogens with one attached hydrogen (secondary N) is 1. The van der Waals surface area contributed by atoms with Gasteiger partial charge in [-0.3, -0.25) is 14.1 Å². The van der Waals surface area contributed by atoms with E-state index in [1.807, 2.05) is 0 Å². The summed E-state index contributed by atoms with van der Waals surface area (Å²) in [6.45, 7) is -0.776. The lowest BCUT2D eigenvalue weighted by Crippen LogP contribution is -2.69. The van der Waals surface area contributed by atoms with Gasteiger partial charge in [-0.1, -0.05) is 17.7 Å². The van der Waals surface area contributed by atoms with Crippen molar-refractivity contribution >= 4 is 39.1 Å². The molecule has 2 heterocycles. The highest BCUT2D eigenvalue weighted by atomic mass is 35.5. The molecule has 0 spiro atoms. The first-order valence-electron chi connectivity index (χ1n) is 14.4. The molecule has 0 bridgehead atoms. The van der Waals surface area contributed by atoms with Crippen LogP contribution in [0.4, 0.5) is 18.9 Å². The van der Waals surface area contributed by atoms with Gasteiger partial charge in [0.05, 0.1) is 44.7 Å². The van der Waals surface area contributed by atoms with Crippen molar-refractivity contribution in [3.63, 3.8) is 0 Å². The van der Waals surface area contributed by atoms with E-state index in [1.54, 1.807) is 0 Å². The Morgan fingerprint density at radius 3 is 2.40 bits per heavy atom. The van der Waals surface area contributed by atoms with Crippen LogP contribution in [-0.2, 0) is 31.8 Å². The van der Waals surface area contributed by atoms with Gasteiger partial charge in [-0.25, -0.2) is 8.42 Å². The number of hydrogen-bond donors (Lipinski definition) is 3. The zero-order chi connectivity index (χ0) is 35.4. The van der Waals surface area contributed by atoms with E-state index in [4.69, 9.17) is 21.1 Å². The normalized spacial score (nSPS) is 24.0. The first-order valence-corrected chi connectivity index (χ1v) is 16.2. The van der Waals surface area contributed by atoms with Crippen LogP contribution in [-0.4, -0.2) is 88.3 Å². The lowest BCUT2D eigenvalue weighted by Gasteiger charge is -2.48. The lowest BCUT2D eigenvalue weighted by atomic mass is 9.78. The summed E-state index contributed by atoms with van der Waals surface area (Å²) in [7, 11) is 0.0350. The van der Waals surface area contributed by atoms with Crippen molar-refractivity contribution in [2.45, 2.75) is 42.0 Å². The van der Waals surface area contributed by atoms with Crippen molar-refractivity contribution < 1.29 is 60.1 Å². The summed E-state index contributed by atoms with van der Waals surface area (Å²) in [4.78, 5) is 27.9. The second-order valence-electron chi connectivity index (χ2n) is 11.5. The van der Waals surface area contributed by atoms with E-state index in [9.17, 15) is 36.6 Å². The topological polar surface area (TPSA) is 152 Å². The number of likely N-dealkylation sites (N-methyl/N-ethyl adjacent to an activating group) is 2. The second kappa shape index (κ2) is 12.4. The Kier molecular flexibility index (Phi) is 9.11. The summed E-state index contributed by atoms with van der Waals surface area (Å²) < 4.78 is 84.4. The number of hydrogen-bond acceptors (Lipinski definition) is 9. The summed E-state index contributed by atoms with van der Waals surface area (Å²) >= 11 is 6.49. The van der Waals surface area contributed by atoms with Crippen molar-refractivity contribution in [3.8, 4) is 17.2 Å². The molecule has 0 aromatic heterocycles. The van der Waals surface area contributed by atoms with Gasteiger partial charge in [-0.05, 0) is 48.0 Å². The maximum atomic E-state index is 15.4. The van der Waals surface area contributed by atoms with Gasteiger partial charge >= 0.3 is 12.3 Å². The molecule has 2 aliphatic heterocycles. The number of anilines is 1. The fourth-order valence-electron chi connectivity index (χ4n) is 6.92. The molecule has 1 fully saturated rings. The van der Waals surface area contributed by atoms with Gasteiger partial charge < -0.3 is 29.7 Å². The van der Waals surface area contributed by atoms with Gasteiger partial charge in [0.2, 0.25) is 5.54 Å². The highest BCUT2D eigenvalue weighted by Crippen LogP contribution is 2.58. The first-order chi connectivity index (χ1) is 22.5. The zero-order valence-corrected chi connectivity index (χ0v) is 27.6. The molecule has 2 aliphatic rings. The average molecular weight is 715 g/mol. The number of quaternary nitrogens is 1. The predicted octanol–water partition coefficient (Wildman–Crippen LogP) is 3.05. The molecule has 48 heavy (non-hydrogen) atoms. The number of rotatable bonds is 9. The number of nitrogens with zero attached hydrogens (tertiary/aromatic N) is 2. The number of carbonyl (C=O) groups excluding carboxylic acids is 2. The Morgan fingerprint density at radius 2 is 1.79 bits per heavy atom. The van der Waals surface area contributed by atoms with Crippen LogP contribution in [0, 0.1) is 0 Å². The van der Waals surface area contributed by atoms with Crippen LogP contribution in [0.25, 0.3) is 0 Å². The number of likely N-dealkylation sites (tertiary alicyclic amines) is 1. The fourth-order valence-corrected chi connectivity index (χ4v) is 8.65. The number of fused-ring (bicyclic) bond motifs is 1. The van der Waals surface area contributed by atoms with E-state index >= 15 is 4.79 Å². The molecule has 3 N–H and O–H groups in total. The molecular formula is C31H32ClF3N3O9S+. The standard InChI is InChI=1S/C31H31ClF3N3O9S/c1-36-28(41)24-13-19(40)15-38(24,2)30(22-11-17(16-39)5-9-25(22)46-4)21-12-18(32)6-8-23(21)37(29(30)42)48(43,44)27-10-7-20(45-3)14-26(27)47-31(33,34)35/h5-12,14,19,24,39-40H,13,15-16H2,1-4H3/p+1/t19-,24+,30?,38?/m1/s1. The lowest BCUT2D eigenvalue weighted by molar-refractivity contribution is -0.953. The minimum atomic E-state index is -5.33. The van der Waals surface area contributed by atoms with Crippen molar-refractivity contribution in [2.24, 2.45) is 0 Å². The van der Waals surface area contributed by atoms with Gasteiger partial charge in [-0.15, -0.1) is 13.2 Å². The third-order valence-corrected chi connectivity index (χ3v) is 10.9. The number of aliphatic hydroxyl groups is 2. The molecule has 5 rings (SSSR count). The highest BCUT2D eigenvalue weighted by Gasteiger charge is 2.72. The van der Waals surface area contributed by atoms with Crippen LogP contribution in [0.3, 0.4) is 0 Å². The third kappa shape index (κ3) is 5.41. The van der Waals surface area contributed by atoms with Gasteiger partial charge in [0.25, 0.3) is 15.9 Å². The molecule has 2 amide bonds. The van der Waals surface area contributed by atoms with Gasteiger partial charge in [0, 0.05) is 24.6 Å². The van der Waals surface area contributed by atoms with Crippen LogP contribution in [0.1, 0.15) is 23.1 Å². The number of benzene rings is 3. The van der Waals surface area contributed by atoms with Gasteiger partial charge in [0.15, 0.2) is 11.8 Å². The summed E-state index contributed by atoms with van der Waals surface area (Å²) in [6, 6.07) is 9.67. The van der Waals surface area contributed by atoms with Crippen LogP contribution < -0.4 is 23.8 Å². The first kappa shape index (κ1) is 35.2. The molecule has 4 atom stereocenters. The van der Waals surface area contributed by atoms with Crippen molar-refractivity contribution in [2.75, 3.05) is 39.2 Å². The predicted molar refractivity (Wildman–Crippen MR) is 165 cm³/mol. The largest absolute Gasteiger partial charge is 0.573 e. The Hall–Kier alpha value is -4.09. The molecule has 0 aliphatic carbocycles. The molecule has 2 unspecified atom stereocenters. The van der Waals surface area contributed by atoms with Crippen LogP contribution in [0.2, 0.25) is 5.02 Å². The number of alkyl halides is 3. The number of amides is 2. The van der Waals surface area contributed by atoms with Crippen molar-refractivity contribution in [1.82, 2.24) is 5.32 Å². The minimum Gasteiger partial charge on any atom is -0.497 e. The summed E-state index contributed by atoms with van der Waals surface area (Å²) in [6.07, 6.45) is -6.63. The maximum absolute atomic E-state index is 15.4. The quantitative estimate of drug-likeness (QED) is 0.284. The van der Waals surface area contributed by atoms with Crippen LogP contribution >= 0.6 is 11.6 Å². The van der Waals surface area contributed by atoms with Crippen molar-refractivity contribution in [3.05, 3.63) is 76.3 Å². The average Bonchev–Trinajstić information content (AvgIpc) is 3.49. The molecule has 1 saturated heterocycles. The molecule has 12 nitrogen and oxygen atoms in total. The smallest absolute Gasteiger partial charge is 0.497 e. The molecule has 0 saturated carbocycles. The van der Waals surface area contributed by atoms with E-state index in [0.717, 1.165) is 25.3 Å². The fraction of sp³-hybridized carbons (Fsp3) is 0.355. The molecule has 258 valence electrons. The van der Waals surface area contributed by atoms with Crippen LogP contribution in [0.5, 0.6) is 17.2 Å². The van der Waals surface area contributed by atoms with E-state index in [-0.39, 0.29) is 51.9 Å². The number of sulfonamides is 1. The van der Waals surface area contributed by atoms with E-state index in [2.05, 4.69) is 10.1 Å². The van der Waals surface area contributed by atoms with Crippen LogP contribution in [0.15, 0.2) is 59.5 Å². The monoisotopic (exact) mass is 714 g/mol. The Morgan fingerprint density at radius 1 is 1.08 bits per heavy atom. The number of ether oxygens (including phenoxy) is 3. The van der Waals surface area contributed by atoms with Gasteiger partial charge in [-0.2, -0.15) is 4.31 Å². The molecule has 3 aromatic carbocycles. The molecule has 17 heteroatoms. The van der Waals surface area contributed by atoms with E-state index < -0.39 is 67.6 Å². The van der Waals surface area contributed by atoms with Gasteiger partial charge in [0.1, 0.15) is 29.0 Å². The minimum absolute atomic E-state index is 0.00904. The third-order valence-electron chi connectivity index (χ3n) is 8.88. The highest BCUT2D eigenvalue weighted by molar-refractivity contribution is 7.93. The number of halogens is 4. The number of methoxy groups -OCH3 is 2.